The molecule has 3 rings (SSSR count). The van der Waals surface area contributed by atoms with E-state index in [1.54, 1.807) is 62.3 Å². The van der Waals surface area contributed by atoms with Gasteiger partial charge in [0.1, 0.15) is 28.3 Å². The number of nitrogens with zero attached hydrogens (tertiary/aromatic N) is 1. The number of unbranched alkanes of at least 4 members (excludes halogenated alkanes) is 1. The number of carbonyl (C=O) groups excluding carboxylic acids is 5. The first-order valence-electron chi connectivity index (χ1n) is 20.8. The van der Waals surface area contributed by atoms with Crippen LogP contribution in [-0.4, -0.2) is 71.8 Å². The summed E-state index contributed by atoms with van der Waals surface area (Å²) in [6.07, 6.45) is -12.2. The number of thioether (sulfide) groups is 1. The number of nitrogens with one attached hydrogen (secondary N) is 6. The predicted molar refractivity (Wildman–Crippen MR) is 245 cm³/mol. The van der Waals surface area contributed by atoms with Crippen LogP contribution < -0.4 is 42.4 Å². The third kappa shape index (κ3) is 21.4. The van der Waals surface area contributed by atoms with Crippen LogP contribution in [0.1, 0.15) is 92.7 Å². The van der Waals surface area contributed by atoms with Crippen molar-refractivity contribution < 1.29 is 69.3 Å². The minimum atomic E-state index is -4.95. The maximum atomic E-state index is 14.3. The highest BCUT2D eigenvalue weighted by Crippen LogP contribution is 2.41. The van der Waals surface area contributed by atoms with Crippen molar-refractivity contribution in [3.8, 4) is 11.5 Å². The molecule has 0 aliphatic rings. The Morgan fingerprint density at radius 2 is 1.19 bits per heavy atom. The van der Waals surface area contributed by atoms with Crippen LogP contribution in [0.4, 0.5) is 68.3 Å². The lowest BCUT2D eigenvalue weighted by atomic mass is 10.1. The summed E-state index contributed by atoms with van der Waals surface area (Å²) in [6.45, 7) is 14.7. The molecule has 0 spiro atoms. The smallest absolute Gasteiger partial charge is 0.437 e. The van der Waals surface area contributed by atoms with Gasteiger partial charge in [-0.3, -0.25) is 10.1 Å². The van der Waals surface area contributed by atoms with Gasteiger partial charge in [0.2, 0.25) is 11.9 Å². The highest BCUT2D eigenvalue weighted by molar-refractivity contribution is 7.99. The molecule has 6 amide bonds. The van der Waals surface area contributed by atoms with Crippen molar-refractivity contribution in [1.82, 2.24) is 16.0 Å². The molecule has 68 heavy (non-hydrogen) atoms. The number of nitrogens with two attached hydrogens (primary N) is 1. The van der Waals surface area contributed by atoms with Crippen LogP contribution in [0.25, 0.3) is 0 Å². The molecule has 0 aliphatic heterocycles. The number of rotatable bonds is 14. The molecule has 8 N–H and O–H groups in total. The second-order valence-corrected chi connectivity index (χ2v) is 18.8. The zero-order valence-electron chi connectivity index (χ0n) is 38.8. The number of nitrogen functional groups attached to an aromatic ring is 1. The third-order valence-electron chi connectivity index (χ3n) is 7.90. The fourth-order valence-corrected chi connectivity index (χ4v) is 6.28. The van der Waals surface area contributed by atoms with E-state index in [-0.39, 0.29) is 83.2 Å². The lowest BCUT2D eigenvalue weighted by molar-refractivity contribution is -0.138. The van der Waals surface area contributed by atoms with Crippen LogP contribution in [0.15, 0.2) is 64.5 Å². The molecule has 3 aromatic carbocycles. The van der Waals surface area contributed by atoms with E-state index in [4.69, 9.17) is 24.7 Å². The van der Waals surface area contributed by atoms with Crippen LogP contribution in [0, 0.1) is 0 Å². The fourth-order valence-electron chi connectivity index (χ4n) is 5.34. The number of urea groups is 1. The second kappa shape index (κ2) is 23.4. The molecule has 0 aliphatic carbocycles. The van der Waals surface area contributed by atoms with E-state index >= 15 is 0 Å². The summed E-state index contributed by atoms with van der Waals surface area (Å²) >= 11 is 0.904. The fraction of sp³-hybridized carbons (Fsp3) is 0.455. The van der Waals surface area contributed by atoms with Crippen molar-refractivity contribution in [2.45, 2.75) is 116 Å². The number of benzene rings is 3. The van der Waals surface area contributed by atoms with E-state index in [1.165, 1.54) is 30.3 Å². The van der Waals surface area contributed by atoms with Gasteiger partial charge in [0.05, 0.1) is 27.4 Å². The van der Waals surface area contributed by atoms with Crippen LogP contribution in [-0.2, 0) is 31.4 Å². The van der Waals surface area contributed by atoms with E-state index in [0.29, 0.717) is 12.1 Å². The molecule has 0 radical (unpaired) electrons. The van der Waals surface area contributed by atoms with Gasteiger partial charge in [-0.05, 0) is 124 Å². The summed E-state index contributed by atoms with van der Waals surface area (Å²) in [5, 5.41) is 15.0. The van der Waals surface area contributed by atoms with Crippen LogP contribution in [0.3, 0.4) is 0 Å². The number of hydrogen-bond donors (Lipinski definition) is 7. The molecule has 3 aromatic rings. The first kappa shape index (κ1) is 55.7. The van der Waals surface area contributed by atoms with E-state index in [9.17, 15) is 50.3 Å². The Labute approximate surface area is 393 Å². The SMILES string of the molecule is CC(C)(C)OC(=O)/N=C(/NCCCCC(=O)Nc1cc(C(F)(F)F)cc(NC(=O)Nc2ccc(Oc3cc(N)cc(C(F)(F)F)c3)cc2)c1SCCNC(=O)OC(C)(C)C)NC(=O)OC(C)(C)C. The van der Waals surface area contributed by atoms with Crippen molar-refractivity contribution in [2.24, 2.45) is 4.99 Å². The molecule has 0 unspecified atom stereocenters. The number of alkyl carbamates (subject to hydrolysis) is 2. The van der Waals surface area contributed by atoms with Gasteiger partial charge in [0, 0.05) is 42.7 Å². The zero-order valence-corrected chi connectivity index (χ0v) is 39.6. The molecule has 0 bridgehead atoms. The molecule has 0 atom stereocenters. The van der Waals surface area contributed by atoms with E-state index < -0.39 is 70.5 Å². The Hall–Kier alpha value is -6.59. The first-order valence-corrected chi connectivity index (χ1v) is 21.8. The van der Waals surface area contributed by atoms with Gasteiger partial charge in [-0.2, -0.15) is 26.3 Å². The van der Waals surface area contributed by atoms with Gasteiger partial charge in [0.15, 0.2) is 0 Å². The van der Waals surface area contributed by atoms with Gasteiger partial charge in [-0.1, -0.05) is 0 Å². The predicted octanol–water partition coefficient (Wildman–Crippen LogP) is 10.9. The minimum Gasteiger partial charge on any atom is -0.457 e. The summed E-state index contributed by atoms with van der Waals surface area (Å²) in [6, 6.07) is 8.31. The van der Waals surface area contributed by atoms with Crippen LogP contribution in [0.2, 0.25) is 0 Å². The van der Waals surface area contributed by atoms with Gasteiger partial charge < -0.3 is 51.3 Å². The molecular weight excluding hydrogens is 931 g/mol. The van der Waals surface area contributed by atoms with E-state index in [1.807, 2.05) is 0 Å². The molecule has 374 valence electrons. The van der Waals surface area contributed by atoms with Crippen LogP contribution >= 0.6 is 11.8 Å². The molecule has 0 fully saturated rings. The number of hydrogen-bond acceptors (Lipinski definition) is 11. The van der Waals surface area contributed by atoms with Crippen LogP contribution in [0.5, 0.6) is 11.5 Å². The van der Waals surface area contributed by atoms with Crippen molar-refractivity contribution in [3.05, 3.63) is 65.7 Å². The summed E-state index contributed by atoms with van der Waals surface area (Å²) < 4.78 is 104. The number of ether oxygens (including phenoxy) is 4. The molecule has 0 heterocycles. The number of carbonyl (C=O) groups is 5. The summed E-state index contributed by atoms with van der Waals surface area (Å²) in [4.78, 5) is 67.4. The second-order valence-electron chi connectivity index (χ2n) is 17.7. The van der Waals surface area contributed by atoms with Gasteiger partial charge in [0.25, 0.3) is 0 Å². The average molecular weight is 987 g/mol. The minimum absolute atomic E-state index is 0.00511. The topological polar surface area (TPSA) is 233 Å². The number of halogens is 6. The Bertz CT molecular complexity index is 2290. The normalized spacial score (nSPS) is 12.3. The first-order chi connectivity index (χ1) is 31.2. The number of anilines is 4. The number of amides is 6. The Morgan fingerprint density at radius 3 is 1.76 bits per heavy atom. The summed E-state index contributed by atoms with van der Waals surface area (Å²) in [5.74, 6) is -1.12. The highest BCUT2D eigenvalue weighted by Gasteiger charge is 2.34. The van der Waals surface area contributed by atoms with E-state index in [0.717, 1.165) is 23.9 Å². The lowest BCUT2D eigenvalue weighted by Gasteiger charge is -2.21. The largest absolute Gasteiger partial charge is 0.457 e. The maximum absolute atomic E-state index is 14.3. The molecule has 17 nitrogen and oxygen atoms in total. The Kier molecular flexibility index (Phi) is 19.2. The number of aliphatic imine (C=N–C) groups is 1. The van der Waals surface area contributed by atoms with Crippen molar-refractivity contribution >= 4 is 70.7 Å². The quantitative estimate of drug-likeness (QED) is 0.0152. The van der Waals surface area contributed by atoms with Gasteiger partial charge >= 0.3 is 36.7 Å². The molecule has 0 saturated heterocycles. The maximum Gasteiger partial charge on any atom is 0.437 e. The zero-order chi connectivity index (χ0) is 51.3. The lowest BCUT2D eigenvalue weighted by Crippen LogP contribution is -2.44. The standard InChI is InChI=1S/C44H56F6N8O9S/c1-40(2,3)65-37(61)53-18-19-68-34-31(55-33(59)12-10-11-17-52-35(57-38(62)66-41(4,5)6)58-39(63)67-42(7,8)9)22-26(44(48,49)50)23-32(34)56-36(60)54-28-13-15-29(16-14-28)64-30-21-25(43(45,46)47)20-27(51)24-30/h13-16,20-24H,10-12,17-19,51H2,1-9H3,(H,53,61)(H,55,59)(H2,54,56,60)(H2,52,57,58,62,63). The third-order valence-corrected chi connectivity index (χ3v) is 9.04. The van der Waals surface area contributed by atoms with Gasteiger partial charge in [-0.25, -0.2) is 19.2 Å². The molecular formula is C44H56F6N8O9S. The Morgan fingerprint density at radius 1 is 0.632 bits per heavy atom. The summed E-state index contributed by atoms with van der Waals surface area (Å²) in [7, 11) is 0. The highest BCUT2D eigenvalue weighted by atomic mass is 32.2. The van der Waals surface area contributed by atoms with E-state index in [2.05, 4.69) is 36.9 Å². The molecule has 24 heteroatoms. The van der Waals surface area contributed by atoms with Crippen molar-refractivity contribution in [1.29, 1.82) is 0 Å². The van der Waals surface area contributed by atoms with Gasteiger partial charge in [-0.15, -0.1) is 16.8 Å². The van der Waals surface area contributed by atoms with Crippen molar-refractivity contribution in [3.63, 3.8) is 0 Å². The molecule has 0 aromatic heterocycles. The summed E-state index contributed by atoms with van der Waals surface area (Å²) in [5.41, 5.74) is -0.0114. The molecule has 0 saturated carbocycles. The number of guanidine groups is 1. The number of alkyl halides is 6. The monoisotopic (exact) mass is 986 g/mol. The Balaban J connectivity index is 1.81. The van der Waals surface area contributed by atoms with Crippen molar-refractivity contribution in [2.75, 3.05) is 40.5 Å². The average Bonchev–Trinajstić information content (AvgIpc) is 3.14.